The van der Waals surface area contributed by atoms with Crippen LogP contribution >= 0.6 is 0 Å². The van der Waals surface area contributed by atoms with Gasteiger partial charge in [0.25, 0.3) is 0 Å². The van der Waals surface area contributed by atoms with Crippen molar-refractivity contribution in [2.45, 2.75) is 51.2 Å². The van der Waals surface area contributed by atoms with Crippen LogP contribution in [0, 0.1) is 5.92 Å². The summed E-state index contributed by atoms with van der Waals surface area (Å²) in [6.07, 6.45) is 6.23. The van der Waals surface area contributed by atoms with E-state index in [1.807, 2.05) is 0 Å². The summed E-state index contributed by atoms with van der Waals surface area (Å²) in [5, 5.41) is 0. The number of hydrogen-bond donors (Lipinski definition) is 2. The first-order chi connectivity index (χ1) is 9.28. The molecule has 0 bridgehead atoms. The summed E-state index contributed by atoms with van der Waals surface area (Å²) in [5.41, 5.74) is 7.50. The number of benzene rings is 1. The lowest BCUT2D eigenvalue weighted by Gasteiger charge is -2.25. The highest BCUT2D eigenvalue weighted by molar-refractivity contribution is 5.35. The number of hydrogen-bond acceptors (Lipinski definition) is 3. The Morgan fingerprint density at radius 3 is 2.95 bits per heavy atom. The van der Waals surface area contributed by atoms with E-state index >= 15 is 0 Å². The van der Waals surface area contributed by atoms with Crippen molar-refractivity contribution in [2.24, 2.45) is 11.8 Å². The van der Waals surface area contributed by atoms with Crippen molar-refractivity contribution in [3.8, 4) is 0 Å². The molecule has 1 fully saturated rings. The number of aryl methyl sites for hydroxylation is 2. The molecule has 1 saturated heterocycles. The molecule has 0 radical (unpaired) electrons. The maximum Gasteiger partial charge on any atom is 0.0591 e. The maximum atomic E-state index is 5.77. The van der Waals surface area contributed by atoms with Crippen LogP contribution in [0.1, 0.15) is 36.5 Å². The Morgan fingerprint density at radius 2 is 2.21 bits per heavy atom. The minimum atomic E-state index is 0.315. The lowest BCUT2D eigenvalue weighted by atomic mass is 9.88. The fourth-order valence-corrected chi connectivity index (χ4v) is 3.62. The van der Waals surface area contributed by atoms with Gasteiger partial charge in [0, 0.05) is 18.6 Å². The molecule has 0 spiro atoms. The Kier molecular flexibility index (Phi) is 3.87. The molecular weight excluding hydrogens is 236 g/mol. The molecule has 3 nitrogen and oxygen atoms in total. The topological polar surface area (TPSA) is 47.3 Å². The second-order valence-corrected chi connectivity index (χ2v) is 5.96. The molecule has 0 saturated carbocycles. The van der Waals surface area contributed by atoms with Crippen molar-refractivity contribution in [3.05, 3.63) is 34.9 Å². The SMILES string of the molecule is CC1OCCC1C(Cc1ccc2c(c1)CCC2)NN. The molecule has 0 amide bonds. The first-order valence-electron chi connectivity index (χ1n) is 7.46. The van der Waals surface area contributed by atoms with E-state index in [0.29, 0.717) is 18.1 Å². The zero-order chi connectivity index (χ0) is 13.2. The van der Waals surface area contributed by atoms with Crippen LogP contribution in [0.15, 0.2) is 18.2 Å². The molecule has 1 aliphatic carbocycles. The summed E-state index contributed by atoms with van der Waals surface area (Å²) in [7, 11) is 0. The smallest absolute Gasteiger partial charge is 0.0591 e. The molecule has 1 aromatic rings. The molecule has 3 heteroatoms. The van der Waals surface area contributed by atoms with Crippen molar-refractivity contribution in [1.82, 2.24) is 5.43 Å². The fraction of sp³-hybridized carbons (Fsp3) is 0.625. The summed E-state index contributed by atoms with van der Waals surface area (Å²) in [6.45, 7) is 3.03. The third-order valence-corrected chi connectivity index (χ3v) is 4.78. The lowest BCUT2D eigenvalue weighted by Crippen LogP contribution is -2.44. The normalized spacial score (nSPS) is 27.5. The predicted octanol–water partition coefficient (Wildman–Crippen LogP) is 1.97. The molecule has 0 aromatic heterocycles. The lowest BCUT2D eigenvalue weighted by molar-refractivity contribution is 0.0954. The van der Waals surface area contributed by atoms with E-state index in [1.165, 1.54) is 24.8 Å². The first kappa shape index (κ1) is 13.1. The van der Waals surface area contributed by atoms with Gasteiger partial charge in [0.15, 0.2) is 0 Å². The Hall–Kier alpha value is -0.900. The number of hydrazine groups is 1. The van der Waals surface area contributed by atoms with Crippen LogP contribution in [0.4, 0.5) is 0 Å². The number of ether oxygens (including phenoxy) is 1. The average Bonchev–Trinajstić information content (AvgIpc) is 3.04. The van der Waals surface area contributed by atoms with E-state index in [1.54, 1.807) is 11.1 Å². The highest BCUT2D eigenvalue weighted by atomic mass is 16.5. The second kappa shape index (κ2) is 5.61. The summed E-state index contributed by atoms with van der Waals surface area (Å²) in [6, 6.07) is 7.28. The maximum absolute atomic E-state index is 5.77. The number of nitrogens with one attached hydrogen (secondary N) is 1. The van der Waals surface area contributed by atoms with Crippen molar-refractivity contribution in [3.63, 3.8) is 0 Å². The van der Waals surface area contributed by atoms with Gasteiger partial charge in [0.1, 0.15) is 0 Å². The highest BCUT2D eigenvalue weighted by Gasteiger charge is 2.31. The third-order valence-electron chi connectivity index (χ3n) is 4.78. The monoisotopic (exact) mass is 260 g/mol. The Labute approximate surface area is 115 Å². The molecule has 1 aromatic carbocycles. The van der Waals surface area contributed by atoms with E-state index in [9.17, 15) is 0 Å². The van der Waals surface area contributed by atoms with Crippen molar-refractivity contribution in [2.75, 3.05) is 6.61 Å². The largest absolute Gasteiger partial charge is 0.378 e. The molecular formula is C16H24N2O. The van der Waals surface area contributed by atoms with Gasteiger partial charge in [0.2, 0.25) is 0 Å². The number of nitrogens with two attached hydrogens (primary N) is 1. The number of rotatable bonds is 4. The van der Waals surface area contributed by atoms with Crippen LogP contribution < -0.4 is 11.3 Å². The molecule has 1 heterocycles. The van der Waals surface area contributed by atoms with Gasteiger partial charge in [-0.25, -0.2) is 0 Å². The summed E-state index contributed by atoms with van der Waals surface area (Å²) >= 11 is 0. The fourth-order valence-electron chi connectivity index (χ4n) is 3.62. The Balaban J connectivity index is 1.72. The Morgan fingerprint density at radius 1 is 1.37 bits per heavy atom. The van der Waals surface area contributed by atoms with Crippen molar-refractivity contribution < 1.29 is 4.74 Å². The number of fused-ring (bicyclic) bond motifs is 1. The van der Waals surface area contributed by atoms with E-state index in [0.717, 1.165) is 19.4 Å². The zero-order valence-electron chi connectivity index (χ0n) is 11.7. The predicted molar refractivity (Wildman–Crippen MR) is 76.8 cm³/mol. The van der Waals surface area contributed by atoms with Crippen LogP contribution in [0.5, 0.6) is 0 Å². The van der Waals surface area contributed by atoms with Gasteiger partial charge in [-0.05, 0) is 55.7 Å². The van der Waals surface area contributed by atoms with Crippen molar-refractivity contribution in [1.29, 1.82) is 0 Å². The van der Waals surface area contributed by atoms with E-state index in [2.05, 4.69) is 30.5 Å². The standard InChI is InChI=1S/C16H24N2O/c1-11-15(7-8-19-11)16(18-17)10-12-5-6-13-3-2-4-14(13)9-12/h5-6,9,11,15-16,18H,2-4,7-8,10,17H2,1H3. The van der Waals surface area contributed by atoms with E-state index in [4.69, 9.17) is 10.6 Å². The van der Waals surface area contributed by atoms with Gasteiger partial charge in [0.05, 0.1) is 6.10 Å². The average molecular weight is 260 g/mol. The van der Waals surface area contributed by atoms with Crippen LogP contribution in [-0.4, -0.2) is 18.8 Å². The first-order valence-corrected chi connectivity index (χ1v) is 7.46. The summed E-state index contributed by atoms with van der Waals surface area (Å²) in [5.74, 6) is 6.30. The Bertz CT molecular complexity index is 446. The molecule has 3 atom stereocenters. The molecule has 3 N–H and O–H groups in total. The van der Waals surface area contributed by atoms with Gasteiger partial charge in [-0.2, -0.15) is 0 Å². The van der Waals surface area contributed by atoms with E-state index in [-0.39, 0.29) is 0 Å². The summed E-state index contributed by atoms with van der Waals surface area (Å²) < 4.78 is 5.66. The van der Waals surface area contributed by atoms with Crippen LogP contribution in [0.3, 0.4) is 0 Å². The van der Waals surface area contributed by atoms with Gasteiger partial charge in [-0.3, -0.25) is 11.3 Å². The second-order valence-electron chi connectivity index (χ2n) is 5.96. The third kappa shape index (κ3) is 2.69. The van der Waals surface area contributed by atoms with Crippen molar-refractivity contribution >= 4 is 0 Å². The molecule has 1 aliphatic heterocycles. The molecule has 19 heavy (non-hydrogen) atoms. The molecule has 104 valence electrons. The zero-order valence-corrected chi connectivity index (χ0v) is 11.7. The van der Waals surface area contributed by atoms with Gasteiger partial charge < -0.3 is 4.74 Å². The van der Waals surface area contributed by atoms with Gasteiger partial charge >= 0.3 is 0 Å². The quantitative estimate of drug-likeness (QED) is 0.643. The minimum absolute atomic E-state index is 0.315. The van der Waals surface area contributed by atoms with Crippen LogP contribution in [0.25, 0.3) is 0 Å². The van der Waals surface area contributed by atoms with E-state index < -0.39 is 0 Å². The molecule has 3 rings (SSSR count). The highest BCUT2D eigenvalue weighted by Crippen LogP contribution is 2.27. The minimum Gasteiger partial charge on any atom is -0.378 e. The van der Waals surface area contributed by atoms with Crippen LogP contribution in [0.2, 0.25) is 0 Å². The molecule has 3 unspecified atom stereocenters. The van der Waals surface area contributed by atoms with Crippen LogP contribution in [-0.2, 0) is 24.0 Å². The van der Waals surface area contributed by atoms with Gasteiger partial charge in [-0.15, -0.1) is 0 Å². The summed E-state index contributed by atoms with van der Waals surface area (Å²) in [4.78, 5) is 0. The van der Waals surface area contributed by atoms with Gasteiger partial charge in [-0.1, -0.05) is 18.2 Å². The molecule has 2 aliphatic rings.